The predicted octanol–water partition coefficient (Wildman–Crippen LogP) is 2.03. The first-order valence-electron chi connectivity index (χ1n) is 4.85. The topological polar surface area (TPSA) is 20.2 Å². The van der Waals surface area contributed by atoms with E-state index in [4.69, 9.17) is 5.11 Å². The van der Waals surface area contributed by atoms with Crippen LogP contribution in [0.3, 0.4) is 0 Å². The quantitative estimate of drug-likeness (QED) is 0.538. The van der Waals surface area contributed by atoms with Gasteiger partial charge in [-0.25, -0.2) is 0 Å². The number of aliphatic hydroxyl groups is 1. The van der Waals surface area contributed by atoms with Gasteiger partial charge in [-0.05, 0) is 30.0 Å². The van der Waals surface area contributed by atoms with Crippen LogP contribution < -0.4 is 0 Å². The van der Waals surface area contributed by atoms with Crippen molar-refractivity contribution < 1.29 is 5.11 Å². The minimum absolute atomic E-state index is 0.0897. The SMILES string of the molecule is CC[Si](C#CC#CCO)(CC)CC. The van der Waals surface area contributed by atoms with E-state index in [2.05, 4.69) is 44.1 Å². The Morgan fingerprint density at radius 2 is 1.54 bits per heavy atom. The summed E-state index contributed by atoms with van der Waals surface area (Å²) in [5, 5.41) is 8.44. The number of rotatable bonds is 3. The lowest BCUT2D eigenvalue weighted by atomic mass is 10.6. The summed E-state index contributed by atoms with van der Waals surface area (Å²) in [7, 11) is -1.31. The van der Waals surface area contributed by atoms with Crippen molar-refractivity contribution in [3.63, 3.8) is 0 Å². The van der Waals surface area contributed by atoms with Crippen molar-refractivity contribution in [1.82, 2.24) is 0 Å². The molecule has 0 aliphatic carbocycles. The van der Waals surface area contributed by atoms with E-state index >= 15 is 0 Å². The van der Waals surface area contributed by atoms with E-state index in [0.717, 1.165) is 0 Å². The van der Waals surface area contributed by atoms with Gasteiger partial charge in [0, 0.05) is 0 Å². The minimum atomic E-state index is -1.31. The van der Waals surface area contributed by atoms with Crippen LogP contribution in [0.15, 0.2) is 0 Å². The van der Waals surface area contributed by atoms with E-state index in [1.165, 1.54) is 18.1 Å². The lowest BCUT2D eigenvalue weighted by Gasteiger charge is -2.19. The van der Waals surface area contributed by atoms with E-state index in [-0.39, 0.29) is 6.61 Å². The molecule has 2 heteroatoms. The summed E-state index contributed by atoms with van der Waals surface area (Å²) < 4.78 is 0. The van der Waals surface area contributed by atoms with Gasteiger partial charge < -0.3 is 5.11 Å². The Morgan fingerprint density at radius 1 is 1.00 bits per heavy atom. The molecule has 0 aromatic carbocycles. The highest BCUT2D eigenvalue weighted by Gasteiger charge is 2.23. The van der Waals surface area contributed by atoms with Crippen LogP contribution in [0, 0.1) is 23.3 Å². The molecule has 13 heavy (non-hydrogen) atoms. The number of hydrogen-bond acceptors (Lipinski definition) is 1. The fraction of sp³-hybridized carbons (Fsp3) is 0.636. The Balaban J connectivity index is 4.45. The molecule has 0 aromatic heterocycles. The van der Waals surface area contributed by atoms with Gasteiger partial charge in [-0.2, -0.15) is 0 Å². The van der Waals surface area contributed by atoms with Crippen LogP contribution in [-0.2, 0) is 0 Å². The average molecular weight is 194 g/mol. The molecule has 72 valence electrons. The predicted molar refractivity (Wildman–Crippen MR) is 59.8 cm³/mol. The third-order valence-electron chi connectivity index (χ3n) is 2.59. The van der Waals surface area contributed by atoms with E-state index < -0.39 is 8.07 Å². The van der Waals surface area contributed by atoms with E-state index in [0.29, 0.717) is 0 Å². The third kappa shape index (κ3) is 4.17. The molecule has 0 bridgehead atoms. The molecule has 0 unspecified atom stereocenters. The maximum absolute atomic E-state index is 8.44. The Hall–Kier alpha value is -0.703. The first kappa shape index (κ1) is 12.3. The molecule has 0 aliphatic heterocycles. The van der Waals surface area contributed by atoms with Crippen LogP contribution in [0.5, 0.6) is 0 Å². The molecule has 0 saturated heterocycles. The van der Waals surface area contributed by atoms with Crippen LogP contribution >= 0.6 is 0 Å². The van der Waals surface area contributed by atoms with Crippen molar-refractivity contribution in [3.8, 4) is 23.3 Å². The zero-order valence-electron chi connectivity index (χ0n) is 8.78. The first-order valence-corrected chi connectivity index (χ1v) is 7.47. The molecule has 0 aromatic rings. The molecule has 0 fully saturated rings. The molecule has 0 rings (SSSR count). The number of hydrogen-bond donors (Lipinski definition) is 1. The summed E-state index contributed by atoms with van der Waals surface area (Å²) >= 11 is 0. The standard InChI is InChI=1S/C11H18OSi/c1-4-13(5-2,6-3)11-9-7-8-10-12/h12H,4-6,10H2,1-3H3. The van der Waals surface area contributed by atoms with Gasteiger partial charge in [-0.15, -0.1) is 5.54 Å². The molecule has 1 nitrogen and oxygen atoms in total. The lowest BCUT2D eigenvalue weighted by Crippen LogP contribution is -2.29. The molecule has 1 N–H and O–H groups in total. The highest BCUT2D eigenvalue weighted by Crippen LogP contribution is 2.18. The molecular weight excluding hydrogens is 176 g/mol. The molecule has 0 amide bonds. The molecule has 0 saturated carbocycles. The van der Waals surface area contributed by atoms with Gasteiger partial charge in [0.05, 0.1) is 0 Å². The minimum Gasteiger partial charge on any atom is -0.384 e. The fourth-order valence-electron chi connectivity index (χ4n) is 1.26. The summed E-state index contributed by atoms with van der Waals surface area (Å²) in [5.74, 6) is 8.08. The van der Waals surface area contributed by atoms with E-state index in [1.807, 2.05) is 0 Å². The van der Waals surface area contributed by atoms with Gasteiger partial charge in [-0.1, -0.05) is 26.7 Å². The van der Waals surface area contributed by atoms with E-state index in [9.17, 15) is 0 Å². The Labute approximate surface area is 82.6 Å². The van der Waals surface area contributed by atoms with Crippen molar-refractivity contribution in [2.75, 3.05) is 6.61 Å². The van der Waals surface area contributed by atoms with Gasteiger partial charge in [0.25, 0.3) is 0 Å². The Kier molecular flexibility index (Phi) is 6.41. The van der Waals surface area contributed by atoms with Crippen LogP contribution in [-0.4, -0.2) is 19.8 Å². The molecule has 0 spiro atoms. The Bertz CT molecular complexity index is 236. The zero-order chi connectivity index (χ0) is 10.2. The highest BCUT2D eigenvalue weighted by molar-refractivity contribution is 6.87. The number of aliphatic hydroxyl groups excluding tert-OH is 1. The average Bonchev–Trinajstić information content (AvgIpc) is 2.20. The van der Waals surface area contributed by atoms with Crippen molar-refractivity contribution in [2.45, 2.75) is 38.9 Å². The molecular formula is C11H18OSi. The maximum atomic E-state index is 8.44. The third-order valence-corrected chi connectivity index (χ3v) is 7.30. The summed E-state index contributed by atoms with van der Waals surface area (Å²) in [6, 6.07) is 3.61. The lowest BCUT2D eigenvalue weighted by molar-refractivity contribution is 0.350. The summed E-state index contributed by atoms with van der Waals surface area (Å²) in [4.78, 5) is 0. The van der Waals surface area contributed by atoms with Crippen LogP contribution in [0.4, 0.5) is 0 Å². The van der Waals surface area contributed by atoms with Crippen molar-refractivity contribution in [2.24, 2.45) is 0 Å². The maximum Gasteiger partial charge on any atom is 0.139 e. The highest BCUT2D eigenvalue weighted by atomic mass is 28.3. The Morgan fingerprint density at radius 3 is 1.92 bits per heavy atom. The second-order valence-corrected chi connectivity index (χ2v) is 7.98. The van der Waals surface area contributed by atoms with Crippen molar-refractivity contribution in [1.29, 1.82) is 0 Å². The summed E-state index contributed by atoms with van der Waals surface area (Å²) in [6.07, 6.45) is 0. The monoisotopic (exact) mass is 194 g/mol. The molecule has 0 heterocycles. The van der Waals surface area contributed by atoms with Crippen molar-refractivity contribution in [3.05, 3.63) is 0 Å². The van der Waals surface area contributed by atoms with Crippen LogP contribution in [0.2, 0.25) is 18.1 Å². The van der Waals surface area contributed by atoms with Gasteiger partial charge in [0.1, 0.15) is 14.7 Å². The fourth-order valence-corrected chi connectivity index (χ4v) is 3.62. The zero-order valence-corrected chi connectivity index (χ0v) is 9.78. The van der Waals surface area contributed by atoms with Crippen molar-refractivity contribution >= 4 is 8.07 Å². The van der Waals surface area contributed by atoms with E-state index in [1.54, 1.807) is 0 Å². The summed E-state index contributed by atoms with van der Waals surface area (Å²) in [6.45, 7) is 6.56. The second kappa shape index (κ2) is 6.77. The van der Waals surface area contributed by atoms with Crippen LogP contribution in [0.25, 0.3) is 0 Å². The molecule has 0 aliphatic rings. The van der Waals surface area contributed by atoms with Gasteiger partial charge in [0.2, 0.25) is 0 Å². The first-order chi connectivity index (χ1) is 6.24. The normalized spacial score (nSPS) is 9.54. The largest absolute Gasteiger partial charge is 0.384 e. The molecule has 0 atom stereocenters. The van der Waals surface area contributed by atoms with Crippen LogP contribution in [0.1, 0.15) is 20.8 Å². The van der Waals surface area contributed by atoms with Gasteiger partial charge in [0.15, 0.2) is 0 Å². The van der Waals surface area contributed by atoms with Gasteiger partial charge >= 0.3 is 0 Å². The summed E-state index contributed by atoms with van der Waals surface area (Å²) in [5.41, 5.74) is 3.32. The molecule has 0 radical (unpaired) electrons. The second-order valence-electron chi connectivity index (χ2n) is 3.05. The smallest absolute Gasteiger partial charge is 0.139 e. The van der Waals surface area contributed by atoms with Gasteiger partial charge in [-0.3, -0.25) is 0 Å².